The molecule has 1 N–H and O–H groups in total. The van der Waals surface area contributed by atoms with Gasteiger partial charge < -0.3 is 15.0 Å². The average molecular weight is 488 g/mol. The van der Waals surface area contributed by atoms with Gasteiger partial charge >= 0.3 is 5.97 Å². The number of anilines is 1. The molecule has 186 valence electrons. The molecule has 0 amide bonds. The van der Waals surface area contributed by atoms with Gasteiger partial charge in [0.15, 0.2) is 0 Å². The monoisotopic (exact) mass is 487 g/mol. The highest BCUT2D eigenvalue weighted by Crippen LogP contribution is 2.23. The van der Waals surface area contributed by atoms with Gasteiger partial charge in [0, 0.05) is 19.3 Å². The molecule has 0 radical (unpaired) electrons. The van der Waals surface area contributed by atoms with Crippen molar-refractivity contribution in [3.8, 4) is 0 Å². The lowest BCUT2D eigenvalue weighted by Gasteiger charge is -2.32. The van der Waals surface area contributed by atoms with Crippen LogP contribution in [-0.4, -0.2) is 70.0 Å². The fourth-order valence-corrected chi connectivity index (χ4v) is 5.41. The van der Waals surface area contributed by atoms with Crippen molar-refractivity contribution < 1.29 is 17.9 Å². The number of carbonyl (C=O) groups is 1. The summed E-state index contributed by atoms with van der Waals surface area (Å²) >= 11 is 0. The van der Waals surface area contributed by atoms with Crippen molar-refractivity contribution in [2.75, 3.05) is 51.7 Å². The average Bonchev–Trinajstić information content (AvgIpc) is 2.84. The first kappa shape index (κ1) is 26.2. The number of carbonyl (C=O) groups excluding carboxylic acids is 1. The Morgan fingerprint density at radius 1 is 1.09 bits per heavy atom. The number of esters is 1. The van der Waals surface area contributed by atoms with Gasteiger partial charge in [0.05, 0.1) is 11.5 Å². The molecule has 0 spiro atoms. The van der Waals surface area contributed by atoms with Crippen molar-refractivity contribution in [2.24, 2.45) is 5.92 Å². The summed E-state index contributed by atoms with van der Waals surface area (Å²) in [6.07, 6.45) is 4.41. The molecule has 0 bridgehead atoms. The Hall–Kier alpha value is -2.42. The smallest absolute Gasteiger partial charge is 0.321 e. The predicted octanol–water partition coefficient (Wildman–Crippen LogP) is 3.63. The lowest BCUT2D eigenvalue weighted by molar-refractivity contribution is -0.143. The summed E-state index contributed by atoms with van der Waals surface area (Å²) in [4.78, 5) is 14.4. The normalized spacial score (nSPS) is 15.4. The van der Waals surface area contributed by atoms with Gasteiger partial charge in [-0.3, -0.25) is 4.79 Å². The van der Waals surface area contributed by atoms with Gasteiger partial charge in [0.25, 0.3) is 0 Å². The third kappa shape index (κ3) is 7.82. The Bertz CT molecular complexity index is 988. The zero-order chi connectivity index (χ0) is 24.4. The first-order chi connectivity index (χ1) is 16.4. The number of nitrogens with one attached hydrogen (secondary N) is 1. The summed E-state index contributed by atoms with van der Waals surface area (Å²) in [5, 5.41) is 3.47. The molecule has 34 heavy (non-hydrogen) atoms. The van der Waals surface area contributed by atoms with E-state index in [9.17, 15) is 13.2 Å². The van der Waals surface area contributed by atoms with Gasteiger partial charge in [-0.2, -0.15) is 4.31 Å². The number of likely N-dealkylation sites (tertiary alicyclic amines) is 1. The minimum absolute atomic E-state index is 0.196. The van der Waals surface area contributed by atoms with Crippen LogP contribution in [0.2, 0.25) is 0 Å². The summed E-state index contributed by atoms with van der Waals surface area (Å²) in [6.45, 7) is 5.94. The lowest BCUT2D eigenvalue weighted by atomic mass is 9.90. The second-order valence-electron chi connectivity index (χ2n) is 8.85. The van der Waals surface area contributed by atoms with Crippen LogP contribution in [0.25, 0.3) is 0 Å². The van der Waals surface area contributed by atoms with Crippen LogP contribution in [0, 0.1) is 5.92 Å². The molecule has 1 heterocycles. The number of rotatable bonds is 12. The van der Waals surface area contributed by atoms with E-state index < -0.39 is 16.0 Å². The molecule has 1 aliphatic heterocycles. The van der Waals surface area contributed by atoms with Gasteiger partial charge in [-0.25, -0.2) is 8.42 Å². The van der Waals surface area contributed by atoms with Gasteiger partial charge in [-0.05, 0) is 88.0 Å². The third-order valence-corrected chi connectivity index (χ3v) is 8.09. The highest BCUT2D eigenvalue weighted by atomic mass is 32.2. The van der Waals surface area contributed by atoms with Gasteiger partial charge in [-0.15, -0.1) is 0 Å². The standard InChI is InChI=1S/C26H37N3O4S/c1-3-33-26(30)21-28(2)34(31,32)25-12-10-22(11-13-25)20-23-14-18-29(19-15-23)17-7-16-27-24-8-5-4-6-9-24/h4-6,8-13,23,27H,3,7,14-21H2,1-2H3. The molecule has 1 saturated heterocycles. The fourth-order valence-electron chi connectivity index (χ4n) is 4.29. The number of hydrogen-bond donors (Lipinski definition) is 1. The minimum Gasteiger partial charge on any atom is -0.465 e. The maximum atomic E-state index is 12.7. The van der Waals surface area contributed by atoms with E-state index in [4.69, 9.17) is 4.74 Å². The lowest BCUT2D eigenvalue weighted by Crippen LogP contribution is -2.35. The molecule has 0 saturated carbocycles. The van der Waals surface area contributed by atoms with E-state index in [0.29, 0.717) is 5.92 Å². The molecule has 8 heteroatoms. The number of para-hydroxylation sites is 1. The fraction of sp³-hybridized carbons (Fsp3) is 0.500. The number of sulfonamides is 1. The molecule has 7 nitrogen and oxygen atoms in total. The summed E-state index contributed by atoms with van der Waals surface area (Å²) in [5.41, 5.74) is 2.32. The number of nitrogens with zero attached hydrogens (tertiary/aromatic N) is 2. The first-order valence-electron chi connectivity index (χ1n) is 12.1. The topological polar surface area (TPSA) is 79.0 Å². The molecule has 0 aliphatic carbocycles. The van der Waals surface area contributed by atoms with Crippen molar-refractivity contribution in [1.29, 1.82) is 0 Å². The maximum Gasteiger partial charge on any atom is 0.321 e. The van der Waals surface area contributed by atoms with E-state index in [1.165, 1.54) is 12.7 Å². The number of benzene rings is 2. The Morgan fingerprint density at radius 3 is 2.41 bits per heavy atom. The zero-order valence-electron chi connectivity index (χ0n) is 20.3. The van der Waals surface area contributed by atoms with Crippen LogP contribution >= 0.6 is 0 Å². The number of ether oxygens (including phenoxy) is 1. The van der Waals surface area contributed by atoms with Crippen molar-refractivity contribution in [2.45, 2.75) is 37.5 Å². The van der Waals surface area contributed by atoms with Crippen LogP contribution in [0.15, 0.2) is 59.5 Å². The Morgan fingerprint density at radius 2 is 1.76 bits per heavy atom. The summed E-state index contributed by atoms with van der Waals surface area (Å²) in [7, 11) is -2.32. The second-order valence-corrected chi connectivity index (χ2v) is 10.9. The summed E-state index contributed by atoms with van der Waals surface area (Å²) in [6, 6.07) is 17.4. The Balaban J connectivity index is 1.40. The Labute approximate surface area is 204 Å². The van der Waals surface area contributed by atoms with Gasteiger partial charge in [0.1, 0.15) is 6.54 Å². The van der Waals surface area contributed by atoms with E-state index in [2.05, 4.69) is 22.3 Å². The molecular formula is C26H37N3O4S. The van der Waals surface area contributed by atoms with Gasteiger partial charge in [-0.1, -0.05) is 30.3 Å². The molecule has 0 atom stereocenters. The molecule has 0 aromatic heterocycles. The van der Waals surface area contributed by atoms with Crippen LogP contribution in [-0.2, 0) is 26.0 Å². The van der Waals surface area contributed by atoms with Gasteiger partial charge in [0.2, 0.25) is 10.0 Å². The largest absolute Gasteiger partial charge is 0.465 e. The molecule has 2 aromatic carbocycles. The number of piperidine rings is 1. The predicted molar refractivity (Wildman–Crippen MR) is 135 cm³/mol. The molecule has 0 unspecified atom stereocenters. The van der Waals surface area contributed by atoms with Crippen LogP contribution in [0.5, 0.6) is 0 Å². The zero-order valence-corrected chi connectivity index (χ0v) is 21.1. The van der Waals surface area contributed by atoms with Crippen LogP contribution in [0.4, 0.5) is 5.69 Å². The van der Waals surface area contributed by atoms with Crippen molar-refractivity contribution in [3.05, 3.63) is 60.2 Å². The minimum atomic E-state index is -3.72. The van der Waals surface area contributed by atoms with Crippen LogP contribution in [0.3, 0.4) is 0 Å². The van der Waals surface area contributed by atoms with E-state index in [1.807, 2.05) is 30.3 Å². The van der Waals surface area contributed by atoms with Crippen molar-refractivity contribution >= 4 is 21.7 Å². The number of likely N-dealkylation sites (N-methyl/N-ethyl adjacent to an activating group) is 1. The molecule has 3 rings (SSSR count). The summed E-state index contributed by atoms with van der Waals surface area (Å²) in [5.74, 6) is 0.0663. The summed E-state index contributed by atoms with van der Waals surface area (Å²) < 4.78 is 31.3. The molecule has 2 aromatic rings. The highest BCUT2D eigenvalue weighted by molar-refractivity contribution is 7.89. The quantitative estimate of drug-likeness (QED) is 0.364. The molecular weight excluding hydrogens is 450 g/mol. The Kier molecular flexibility index (Phi) is 9.92. The highest BCUT2D eigenvalue weighted by Gasteiger charge is 2.24. The number of hydrogen-bond acceptors (Lipinski definition) is 6. The van der Waals surface area contributed by atoms with Crippen molar-refractivity contribution in [1.82, 2.24) is 9.21 Å². The SMILES string of the molecule is CCOC(=O)CN(C)S(=O)(=O)c1ccc(CC2CCN(CCCNc3ccccc3)CC2)cc1. The first-order valence-corrected chi connectivity index (χ1v) is 13.5. The van der Waals surface area contributed by atoms with Crippen molar-refractivity contribution in [3.63, 3.8) is 0 Å². The molecule has 1 fully saturated rings. The van der Waals surface area contributed by atoms with E-state index >= 15 is 0 Å². The second kappa shape index (κ2) is 12.9. The van der Waals surface area contributed by atoms with E-state index in [-0.39, 0.29) is 18.0 Å². The maximum absolute atomic E-state index is 12.7. The van der Waals surface area contributed by atoms with Crippen LogP contribution < -0.4 is 5.32 Å². The van der Waals surface area contributed by atoms with Crippen LogP contribution in [0.1, 0.15) is 31.7 Å². The van der Waals surface area contributed by atoms with E-state index in [0.717, 1.165) is 61.7 Å². The molecule has 1 aliphatic rings. The van der Waals surface area contributed by atoms with E-state index in [1.54, 1.807) is 19.1 Å². The third-order valence-electron chi connectivity index (χ3n) is 6.27.